The zero-order valence-corrected chi connectivity index (χ0v) is 17.5. The molecule has 2 amide bonds. The second kappa shape index (κ2) is 8.37. The monoisotopic (exact) mass is 408 g/mol. The summed E-state index contributed by atoms with van der Waals surface area (Å²) in [5, 5.41) is 0.514. The third kappa shape index (κ3) is 4.19. The van der Waals surface area contributed by atoms with Gasteiger partial charge in [-0.05, 0) is 56.5 Å². The van der Waals surface area contributed by atoms with Crippen molar-refractivity contribution in [1.82, 2.24) is 19.8 Å². The lowest BCUT2D eigenvalue weighted by molar-refractivity contribution is -0.137. The average Bonchev–Trinajstić information content (AvgIpc) is 3.28. The Hall–Kier alpha value is -2.67. The standard InChI is InChI=1S/C22H24N4O2S/c1-15-14-16(2)24-22(23-15)29-19-18(25-11-6-7-12-25)20(27)26(21(19)28)13-10-17-8-4-3-5-9-17/h3-5,8-9,14H,6-7,10-13H2,1-2H3. The molecule has 1 saturated heterocycles. The van der Waals surface area contributed by atoms with E-state index in [-0.39, 0.29) is 11.8 Å². The number of aromatic nitrogens is 2. The first kappa shape index (κ1) is 19.6. The van der Waals surface area contributed by atoms with Gasteiger partial charge in [0.15, 0.2) is 5.16 Å². The Morgan fingerprint density at radius 1 is 0.966 bits per heavy atom. The smallest absolute Gasteiger partial charge is 0.278 e. The molecule has 1 aromatic carbocycles. The van der Waals surface area contributed by atoms with Gasteiger partial charge in [-0.1, -0.05) is 30.3 Å². The van der Waals surface area contributed by atoms with Gasteiger partial charge in [0.25, 0.3) is 11.8 Å². The van der Waals surface area contributed by atoms with Gasteiger partial charge in [-0.3, -0.25) is 14.5 Å². The van der Waals surface area contributed by atoms with Gasteiger partial charge < -0.3 is 4.90 Å². The maximum atomic E-state index is 13.2. The predicted octanol–water partition coefficient (Wildman–Crippen LogP) is 3.10. The van der Waals surface area contributed by atoms with Gasteiger partial charge in [0, 0.05) is 31.0 Å². The largest absolute Gasteiger partial charge is 0.366 e. The van der Waals surface area contributed by atoms with E-state index >= 15 is 0 Å². The van der Waals surface area contributed by atoms with Crippen molar-refractivity contribution in [3.63, 3.8) is 0 Å². The van der Waals surface area contributed by atoms with Crippen LogP contribution in [0.25, 0.3) is 0 Å². The molecule has 4 rings (SSSR count). The summed E-state index contributed by atoms with van der Waals surface area (Å²) in [5.74, 6) is -0.430. The third-order valence-electron chi connectivity index (χ3n) is 5.15. The van der Waals surface area contributed by atoms with E-state index in [1.807, 2.05) is 55.1 Å². The Morgan fingerprint density at radius 3 is 2.28 bits per heavy atom. The maximum Gasteiger partial charge on any atom is 0.278 e. The molecule has 150 valence electrons. The number of aryl methyl sites for hydroxylation is 2. The summed E-state index contributed by atoms with van der Waals surface area (Å²) in [4.78, 5) is 39.2. The molecule has 0 aliphatic carbocycles. The summed E-state index contributed by atoms with van der Waals surface area (Å²) in [6.07, 6.45) is 2.71. The number of nitrogens with zero attached hydrogens (tertiary/aromatic N) is 4. The summed E-state index contributed by atoms with van der Waals surface area (Å²) < 4.78 is 0. The Labute approximate surface area is 175 Å². The zero-order valence-electron chi connectivity index (χ0n) is 16.7. The Bertz CT molecular complexity index is 948. The van der Waals surface area contributed by atoms with Gasteiger partial charge in [-0.25, -0.2) is 9.97 Å². The molecule has 0 atom stereocenters. The highest BCUT2D eigenvalue weighted by molar-refractivity contribution is 8.04. The van der Waals surface area contributed by atoms with E-state index in [1.54, 1.807) is 0 Å². The number of hydrogen-bond donors (Lipinski definition) is 0. The Balaban J connectivity index is 1.61. The third-order valence-corrected chi connectivity index (χ3v) is 6.08. The molecule has 29 heavy (non-hydrogen) atoms. The van der Waals surface area contributed by atoms with E-state index in [0.29, 0.717) is 28.7 Å². The SMILES string of the molecule is Cc1cc(C)nc(SC2=C(N3CCCC3)C(=O)N(CCc3ccccc3)C2=O)n1. The van der Waals surface area contributed by atoms with Crippen molar-refractivity contribution in [3.8, 4) is 0 Å². The number of rotatable bonds is 6. The van der Waals surface area contributed by atoms with E-state index in [9.17, 15) is 9.59 Å². The summed E-state index contributed by atoms with van der Waals surface area (Å²) in [6, 6.07) is 11.8. The van der Waals surface area contributed by atoms with Crippen molar-refractivity contribution in [2.45, 2.75) is 38.3 Å². The lowest BCUT2D eigenvalue weighted by Gasteiger charge is -2.20. The van der Waals surface area contributed by atoms with Crippen LogP contribution < -0.4 is 0 Å². The van der Waals surface area contributed by atoms with Crippen molar-refractivity contribution in [3.05, 3.63) is 64.0 Å². The second-order valence-corrected chi connectivity index (χ2v) is 8.38. The molecule has 2 aromatic rings. The summed E-state index contributed by atoms with van der Waals surface area (Å²) >= 11 is 1.22. The number of amides is 2. The van der Waals surface area contributed by atoms with E-state index in [1.165, 1.54) is 16.7 Å². The van der Waals surface area contributed by atoms with Crippen LogP contribution in [-0.2, 0) is 16.0 Å². The number of imide groups is 1. The minimum atomic E-state index is -0.236. The van der Waals surface area contributed by atoms with Gasteiger partial charge >= 0.3 is 0 Å². The van der Waals surface area contributed by atoms with E-state index in [0.717, 1.165) is 42.9 Å². The van der Waals surface area contributed by atoms with Crippen molar-refractivity contribution in [2.75, 3.05) is 19.6 Å². The molecular weight excluding hydrogens is 384 g/mol. The van der Waals surface area contributed by atoms with Crippen LogP contribution in [0.5, 0.6) is 0 Å². The lowest BCUT2D eigenvalue weighted by Crippen LogP contribution is -2.36. The highest BCUT2D eigenvalue weighted by atomic mass is 32.2. The zero-order chi connectivity index (χ0) is 20.4. The Morgan fingerprint density at radius 2 is 1.62 bits per heavy atom. The fraction of sp³-hybridized carbons (Fsp3) is 0.364. The maximum absolute atomic E-state index is 13.2. The minimum Gasteiger partial charge on any atom is -0.366 e. The second-order valence-electron chi connectivity index (χ2n) is 7.40. The summed E-state index contributed by atoms with van der Waals surface area (Å²) in [7, 11) is 0. The van der Waals surface area contributed by atoms with Gasteiger partial charge in [0.05, 0.1) is 0 Å². The first-order valence-corrected chi connectivity index (χ1v) is 10.7. The molecule has 2 aliphatic heterocycles. The number of carbonyl (C=O) groups excluding carboxylic acids is 2. The molecule has 1 fully saturated rings. The summed E-state index contributed by atoms with van der Waals surface area (Å²) in [5.41, 5.74) is 3.32. The van der Waals surface area contributed by atoms with Crippen LogP contribution in [0.1, 0.15) is 29.8 Å². The van der Waals surface area contributed by atoms with Gasteiger partial charge in [0.1, 0.15) is 10.6 Å². The van der Waals surface area contributed by atoms with Crippen molar-refractivity contribution >= 4 is 23.6 Å². The first-order chi connectivity index (χ1) is 14.0. The number of carbonyl (C=O) groups is 2. The molecule has 3 heterocycles. The molecule has 1 aromatic heterocycles. The van der Waals surface area contributed by atoms with Crippen LogP contribution in [0.15, 0.2) is 52.2 Å². The number of thioether (sulfide) groups is 1. The van der Waals surface area contributed by atoms with Crippen LogP contribution in [0.3, 0.4) is 0 Å². The van der Waals surface area contributed by atoms with E-state index in [4.69, 9.17) is 0 Å². The quantitative estimate of drug-likeness (QED) is 0.541. The van der Waals surface area contributed by atoms with Crippen LogP contribution in [0.2, 0.25) is 0 Å². The number of hydrogen-bond acceptors (Lipinski definition) is 6. The molecule has 0 N–H and O–H groups in total. The lowest BCUT2D eigenvalue weighted by atomic mass is 10.1. The van der Waals surface area contributed by atoms with Gasteiger partial charge in [0.2, 0.25) is 0 Å². The van der Waals surface area contributed by atoms with Crippen molar-refractivity contribution in [1.29, 1.82) is 0 Å². The first-order valence-electron chi connectivity index (χ1n) is 9.92. The molecule has 7 heteroatoms. The fourth-order valence-corrected chi connectivity index (χ4v) is 4.84. The van der Waals surface area contributed by atoms with E-state index in [2.05, 4.69) is 9.97 Å². The molecule has 0 spiro atoms. The topological polar surface area (TPSA) is 66.4 Å². The molecule has 6 nitrogen and oxygen atoms in total. The van der Waals surface area contributed by atoms with Crippen molar-refractivity contribution < 1.29 is 9.59 Å². The summed E-state index contributed by atoms with van der Waals surface area (Å²) in [6.45, 7) is 5.79. The fourth-order valence-electron chi connectivity index (χ4n) is 3.77. The number of likely N-dealkylation sites (tertiary alicyclic amines) is 1. The molecule has 0 saturated carbocycles. The van der Waals surface area contributed by atoms with Crippen LogP contribution in [0.4, 0.5) is 0 Å². The average molecular weight is 409 g/mol. The molecule has 0 unspecified atom stereocenters. The van der Waals surface area contributed by atoms with Crippen LogP contribution in [-0.4, -0.2) is 51.2 Å². The minimum absolute atomic E-state index is 0.195. The highest BCUT2D eigenvalue weighted by Gasteiger charge is 2.42. The molecular formula is C22H24N4O2S. The normalized spacial score (nSPS) is 17.0. The predicted molar refractivity (Wildman–Crippen MR) is 112 cm³/mol. The Kier molecular flexibility index (Phi) is 5.67. The van der Waals surface area contributed by atoms with Gasteiger partial charge in [-0.15, -0.1) is 0 Å². The highest BCUT2D eigenvalue weighted by Crippen LogP contribution is 2.36. The molecule has 2 aliphatic rings. The molecule has 0 bridgehead atoms. The van der Waals surface area contributed by atoms with E-state index < -0.39 is 0 Å². The van der Waals surface area contributed by atoms with Gasteiger partial charge in [-0.2, -0.15) is 0 Å². The van der Waals surface area contributed by atoms with Crippen LogP contribution in [0, 0.1) is 13.8 Å². The van der Waals surface area contributed by atoms with Crippen LogP contribution >= 0.6 is 11.8 Å². The number of benzene rings is 1. The van der Waals surface area contributed by atoms with Crippen molar-refractivity contribution in [2.24, 2.45) is 0 Å². The molecule has 0 radical (unpaired) electrons.